The quantitative estimate of drug-likeness (QED) is 0.113. The van der Waals surface area contributed by atoms with Gasteiger partial charge in [-0.25, -0.2) is 0 Å². The SMILES string of the molecule is c1ccc(-c2ccccc2-c2ccc(-n3c4ccccc4c4cc(-c5cccc6c5c5ccccc5n6-c5ccc(-c6ccc(-c7ccccc7)c(-c7ccc(-n8c9ccccc9c9cc(-c%10cccc%11c%12ccccc%12n(-c%12ccccc%12-c%12ccccc%12)c%10%11)ccc98)c8sc9ccccc9c78)c6)cc5-c5ccccc5)ccc43)c3oc4ccccc4c23)cc1. The number of hydrogen-bond acceptors (Lipinski definition) is 2. The monoisotopic (exact) mass is 1620 g/mol. The Kier molecular flexibility index (Phi) is 16.2. The molecule has 586 valence electrons. The zero-order valence-corrected chi connectivity index (χ0v) is 69.1. The molecular weight excluding hydrogens is 1550 g/mol. The van der Waals surface area contributed by atoms with E-state index in [1.807, 2.05) is 11.3 Å². The summed E-state index contributed by atoms with van der Waals surface area (Å²) < 4.78 is 19.6. The molecule has 0 aliphatic carbocycles. The van der Waals surface area contributed by atoms with Gasteiger partial charge >= 0.3 is 0 Å². The van der Waals surface area contributed by atoms with E-state index in [4.69, 9.17) is 4.42 Å². The van der Waals surface area contributed by atoms with Crippen molar-refractivity contribution in [3.8, 4) is 123 Å². The van der Waals surface area contributed by atoms with Gasteiger partial charge in [-0.1, -0.05) is 346 Å². The lowest BCUT2D eigenvalue weighted by molar-refractivity contribution is 0.666. The van der Waals surface area contributed by atoms with Gasteiger partial charge in [-0.05, 0) is 187 Å². The molecule has 0 fully saturated rings. The number of nitrogens with zero attached hydrogens (tertiary/aromatic N) is 4. The molecule has 0 aliphatic rings. The predicted octanol–water partition coefficient (Wildman–Crippen LogP) is 33.3. The molecule has 0 radical (unpaired) electrons. The maximum absolute atomic E-state index is 7.11. The first-order valence-electron chi connectivity index (χ1n) is 43.3. The Morgan fingerprint density at radius 1 is 0.175 bits per heavy atom. The molecule has 6 heteroatoms. The molecule has 0 bridgehead atoms. The summed E-state index contributed by atoms with van der Waals surface area (Å²) in [6.07, 6.45) is 0. The van der Waals surface area contributed by atoms with Gasteiger partial charge in [0, 0.05) is 86.0 Å². The number of hydrogen-bond donors (Lipinski definition) is 0. The van der Waals surface area contributed by atoms with E-state index in [1.165, 1.54) is 124 Å². The van der Waals surface area contributed by atoms with Crippen molar-refractivity contribution in [3.63, 3.8) is 0 Å². The van der Waals surface area contributed by atoms with Crippen molar-refractivity contribution in [2.24, 2.45) is 0 Å². The van der Waals surface area contributed by atoms with Crippen LogP contribution in [-0.4, -0.2) is 18.3 Å². The van der Waals surface area contributed by atoms with Crippen LogP contribution in [0.25, 0.3) is 252 Å². The highest BCUT2D eigenvalue weighted by Crippen LogP contribution is 2.52. The Bertz CT molecular complexity index is 8960. The van der Waals surface area contributed by atoms with E-state index >= 15 is 0 Å². The van der Waals surface area contributed by atoms with E-state index in [1.54, 1.807) is 0 Å². The fourth-order valence-corrected chi connectivity index (χ4v) is 22.2. The first kappa shape index (κ1) is 71.4. The Morgan fingerprint density at radius 3 is 1.24 bits per heavy atom. The summed E-state index contributed by atoms with van der Waals surface area (Å²) in [4.78, 5) is 0. The number of furan rings is 1. The summed E-state index contributed by atoms with van der Waals surface area (Å²) in [7, 11) is 0. The van der Waals surface area contributed by atoms with E-state index < -0.39 is 0 Å². The van der Waals surface area contributed by atoms with Crippen LogP contribution in [0.15, 0.2) is 453 Å². The van der Waals surface area contributed by atoms with Crippen LogP contribution in [0, 0.1) is 0 Å². The summed E-state index contributed by atoms with van der Waals surface area (Å²) in [5, 5.41) is 14.3. The fraction of sp³-hybridized carbons (Fsp3) is 0. The maximum Gasteiger partial charge on any atom is 0.160 e. The van der Waals surface area contributed by atoms with Crippen molar-refractivity contribution in [3.05, 3.63) is 449 Å². The lowest BCUT2D eigenvalue weighted by Crippen LogP contribution is -1.98. The van der Waals surface area contributed by atoms with Crippen LogP contribution in [0.1, 0.15) is 0 Å². The molecule has 0 saturated carbocycles. The van der Waals surface area contributed by atoms with Crippen molar-refractivity contribution in [1.82, 2.24) is 18.3 Å². The third-order valence-corrected chi connectivity index (χ3v) is 27.6. The molecule has 0 aliphatic heterocycles. The highest BCUT2D eigenvalue weighted by atomic mass is 32.1. The van der Waals surface area contributed by atoms with Crippen LogP contribution >= 0.6 is 11.3 Å². The van der Waals surface area contributed by atoms with E-state index in [2.05, 4.69) is 467 Å². The minimum atomic E-state index is 0.853. The third-order valence-electron chi connectivity index (χ3n) is 26.4. The van der Waals surface area contributed by atoms with Gasteiger partial charge in [0.05, 0.1) is 71.6 Å². The van der Waals surface area contributed by atoms with Gasteiger partial charge in [-0.3, -0.25) is 0 Å². The van der Waals surface area contributed by atoms with E-state index in [0.717, 1.165) is 128 Å². The molecule has 0 atom stereocenters. The summed E-state index contributed by atoms with van der Waals surface area (Å²) in [5.74, 6) is 0. The molecule has 26 aromatic rings. The minimum absolute atomic E-state index is 0.853. The Hall–Kier alpha value is -16.4. The predicted molar refractivity (Wildman–Crippen MR) is 533 cm³/mol. The molecule has 0 N–H and O–H groups in total. The molecule has 0 saturated heterocycles. The molecule has 0 amide bonds. The molecule has 6 heterocycles. The third kappa shape index (κ3) is 11.0. The minimum Gasteiger partial charge on any atom is -0.454 e. The summed E-state index contributed by atoms with van der Waals surface area (Å²) in [6.45, 7) is 0. The second-order valence-electron chi connectivity index (χ2n) is 33.2. The summed E-state index contributed by atoms with van der Waals surface area (Å²) >= 11 is 1.89. The Labute approximate surface area is 729 Å². The fourth-order valence-electron chi connectivity index (χ4n) is 20.9. The van der Waals surface area contributed by atoms with Gasteiger partial charge < -0.3 is 22.7 Å². The molecule has 20 aromatic carbocycles. The standard InChI is InChI=1S/C120H74N4OS/c1-5-31-75(32-6-1)83-39-13-14-41-88(83)92-64-69-111(119-116(92)96-46-20-27-57-113(96)125-119)122-103-52-23-17-43-90(103)100-73-81(61-67-108(100)122)86-48-30-56-110-115(86)95-45-19-26-55-106(95)121(110)107-66-60-80(71-98(107)78-37-11-4-12-38-78)79-59-63-84(76-33-7-2-8-34-76)99(72-79)93-65-70-112(120-117(93)97-47-21-28-58-114(97)126-120)123-104-53-24-18-44-91(104)101-74-82(62-68-109(101)123)87-49-29-50-94-89-42-16-25-54-105(89)124(118(87)94)102-51-22-15-40-85(102)77-35-9-3-10-36-77/h1-74H. The van der Waals surface area contributed by atoms with Gasteiger partial charge in [0.15, 0.2) is 5.58 Å². The molecular formula is C120H74N4OS. The van der Waals surface area contributed by atoms with Gasteiger partial charge in [-0.15, -0.1) is 11.3 Å². The van der Waals surface area contributed by atoms with Gasteiger partial charge in [0.25, 0.3) is 0 Å². The van der Waals surface area contributed by atoms with Crippen LogP contribution in [-0.2, 0) is 0 Å². The Balaban J connectivity index is 0.611. The Morgan fingerprint density at radius 2 is 0.571 bits per heavy atom. The van der Waals surface area contributed by atoms with E-state index in [-0.39, 0.29) is 0 Å². The molecule has 26 rings (SSSR count). The second-order valence-corrected chi connectivity index (χ2v) is 34.2. The average Bonchev–Trinajstić information content (AvgIpc) is 1.57. The molecule has 0 unspecified atom stereocenters. The smallest absolute Gasteiger partial charge is 0.160 e. The number of thiophene rings is 1. The van der Waals surface area contributed by atoms with E-state index in [9.17, 15) is 0 Å². The van der Waals surface area contributed by atoms with Crippen LogP contribution < -0.4 is 0 Å². The zero-order valence-electron chi connectivity index (χ0n) is 68.3. The highest BCUT2D eigenvalue weighted by Gasteiger charge is 2.29. The van der Waals surface area contributed by atoms with Gasteiger partial charge in [0.2, 0.25) is 0 Å². The maximum atomic E-state index is 7.11. The van der Waals surface area contributed by atoms with Gasteiger partial charge in [0.1, 0.15) is 5.58 Å². The lowest BCUT2D eigenvalue weighted by Gasteiger charge is -2.18. The first-order chi connectivity index (χ1) is 62.6. The summed E-state index contributed by atoms with van der Waals surface area (Å²) in [6, 6.07) is 166. The number of rotatable bonds is 13. The number of aromatic nitrogens is 4. The first-order valence-corrected chi connectivity index (χ1v) is 44.1. The highest BCUT2D eigenvalue weighted by molar-refractivity contribution is 7.26. The molecule has 6 aromatic heterocycles. The van der Waals surface area contributed by atoms with Crippen molar-refractivity contribution in [2.45, 2.75) is 0 Å². The van der Waals surface area contributed by atoms with Crippen molar-refractivity contribution in [1.29, 1.82) is 0 Å². The van der Waals surface area contributed by atoms with Gasteiger partial charge in [-0.2, -0.15) is 0 Å². The van der Waals surface area contributed by atoms with Crippen LogP contribution in [0.3, 0.4) is 0 Å². The topological polar surface area (TPSA) is 32.9 Å². The average molecular weight is 1620 g/mol. The molecule has 126 heavy (non-hydrogen) atoms. The number of para-hydroxylation sites is 7. The van der Waals surface area contributed by atoms with Crippen LogP contribution in [0.5, 0.6) is 0 Å². The lowest BCUT2D eigenvalue weighted by atomic mass is 9.88. The second kappa shape index (κ2) is 28.6. The normalized spacial score (nSPS) is 12.0. The van der Waals surface area contributed by atoms with Crippen molar-refractivity contribution < 1.29 is 4.42 Å². The van der Waals surface area contributed by atoms with Crippen molar-refractivity contribution in [2.75, 3.05) is 0 Å². The van der Waals surface area contributed by atoms with Crippen LogP contribution in [0.4, 0.5) is 0 Å². The molecule has 0 spiro atoms. The summed E-state index contributed by atoms with van der Waals surface area (Å²) in [5.41, 5.74) is 36.2. The number of fused-ring (bicyclic) bond motifs is 18. The molecule has 5 nitrogen and oxygen atoms in total. The zero-order chi connectivity index (χ0) is 82.6. The van der Waals surface area contributed by atoms with Crippen LogP contribution in [0.2, 0.25) is 0 Å². The number of benzene rings is 20. The van der Waals surface area contributed by atoms with E-state index in [0.29, 0.717) is 0 Å². The largest absolute Gasteiger partial charge is 0.454 e. The van der Waals surface area contributed by atoms with Crippen molar-refractivity contribution >= 4 is 141 Å².